The van der Waals surface area contributed by atoms with Crippen molar-refractivity contribution in [1.82, 2.24) is 0 Å². The van der Waals surface area contributed by atoms with Gasteiger partial charge in [-0.15, -0.1) is 0 Å². The Kier molecular flexibility index (Phi) is 6.15. The zero-order valence-electron chi connectivity index (χ0n) is 11.8. The van der Waals surface area contributed by atoms with E-state index in [1.54, 1.807) is 18.2 Å². The summed E-state index contributed by atoms with van der Waals surface area (Å²) in [5.41, 5.74) is 7.51. The van der Waals surface area contributed by atoms with Crippen molar-refractivity contribution in [3.63, 3.8) is 0 Å². The largest absolute Gasteiger partial charge is 0.460 e. The molecule has 0 heterocycles. The predicted octanol–water partition coefficient (Wildman–Crippen LogP) is 1.92. The van der Waals surface area contributed by atoms with Gasteiger partial charge >= 0.3 is 5.97 Å². The Balaban J connectivity index is 2.63. The van der Waals surface area contributed by atoms with Crippen LogP contribution in [0.5, 0.6) is 0 Å². The quantitative estimate of drug-likeness (QED) is 0.464. The van der Waals surface area contributed by atoms with E-state index in [-0.39, 0.29) is 12.6 Å². The minimum absolute atomic E-state index is 0.250. The summed E-state index contributed by atoms with van der Waals surface area (Å²) in [5.74, 6) is -0.379. The number of carbonyl (C=O) groups is 1. The number of nitrogen functional groups attached to an aromatic ring is 1. The molecule has 0 amide bonds. The molecule has 0 saturated heterocycles. The molecule has 1 aromatic rings. The molecule has 5 heteroatoms. The fraction of sp³-hybridized carbons (Fsp3) is 0.500. The van der Waals surface area contributed by atoms with Crippen molar-refractivity contribution >= 4 is 17.3 Å². The monoisotopic (exact) mass is 266 g/mol. The molecular weight excluding hydrogens is 244 g/mol. The summed E-state index contributed by atoms with van der Waals surface area (Å²) in [5, 5.41) is 0. The van der Waals surface area contributed by atoms with Gasteiger partial charge in [0.2, 0.25) is 0 Å². The molecule has 0 aliphatic heterocycles. The first-order valence-corrected chi connectivity index (χ1v) is 6.38. The van der Waals surface area contributed by atoms with Gasteiger partial charge in [0, 0.05) is 26.4 Å². The van der Waals surface area contributed by atoms with Gasteiger partial charge in [0.1, 0.15) is 6.61 Å². The zero-order valence-corrected chi connectivity index (χ0v) is 11.8. The van der Waals surface area contributed by atoms with E-state index >= 15 is 0 Å². The standard InChI is InChI=1S/C14H22N2O3/c1-4-7-18-8-9-19-14(17)12-10-11(15)5-6-13(12)16(2)3/h5-6,10H,4,7-9,15H2,1-3H3. The summed E-state index contributed by atoms with van der Waals surface area (Å²) in [7, 11) is 3.74. The van der Waals surface area contributed by atoms with Crippen LogP contribution in [0.4, 0.5) is 11.4 Å². The first-order valence-electron chi connectivity index (χ1n) is 6.38. The number of esters is 1. The molecule has 0 aromatic heterocycles. The van der Waals surface area contributed by atoms with Crippen molar-refractivity contribution in [2.24, 2.45) is 0 Å². The molecule has 0 atom stereocenters. The Morgan fingerprint density at radius 2 is 2.00 bits per heavy atom. The van der Waals surface area contributed by atoms with Gasteiger partial charge in [0.15, 0.2) is 0 Å². The third-order valence-corrected chi connectivity index (χ3v) is 2.53. The second-order valence-electron chi connectivity index (χ2n) is 4.42. The number of nitrogens with two attached hydrogens (primary N) is 1. The summed E-state index contributed by atoms with van der Waals surface area (Å²) >= 11 is 0. The lowest BCUT2D eigenvalue weighted by molar-refractivity contribution is 0.0319. The second-order valence-corrected chi connectivity index (χ2v) is 4.42. The van der Waals surface area contributed by atoms with E-state index in [1.807, 2.05) is 25.9 Å². The smallest absolute Gasteiger partial charge is 0.340 e. The average molecular weight is 266 g/mol. The van der Waals surface area contributed by atoms with Crippen LogP contribution in [0, 0.1) is 0 Å². The van der Waals surface area contributed by atoms with Crippen LogP contribution in [-0.2, 0) is 9.47 Å². The number of nitrogens with zero attached hydrogens (tertiary/aromatic N) is 1. The van der Waals surface area contributed by atoms with E-state index in [2.05, 4.69) is 0 Å². The minimum Gasteiger partial charge on any atom is -0.460 e. The van der Waals surface area contributed by atoms with Gasteiger partial charge in [-0.05, 0) is 24.6 Å². The molecule has 0 saturated carbocycles. The van der Waals surface area contributed by atoms with E-state index in [0.29, 0.717) is 24.5 Å². The fourth-order valence-electron chi connectivity index (χ4n) is 1.62. The molecule has 0 aliphatic carbocycles. The maximum atomic E-state index is 12.0. The molecule has 0 fully saturated rings. The van der Waals surface area contributed by atoms with E-state index in [0.717, 1.165) is 12.1 Å². The molecule has 0 radical (unpaired) electrons. The summed E-state index contributed by atoms with van der Waals surface area (Å²) in [6.45, 7) is 3.38. The molecule has 2 N–H and O–H groups in total. The Morgan fingerprint density at radius 1 is 1.26 bits per heavy atom. The lowest BCUT2D eigenvalue weighted by atomic mass is 10.1. The van der Waals surface area contributed by atoms with Crippen LogP contribution in [0.1, 0.15) is 23.7 Å². The molecule has 5 nitrogen and oxygen atoms in total. The third kappa shape index (κ3) is 4.79. The average Bonchev–Trinajstić information content (AvgIpc) is 2.37. The van der Waals surface area contributed by atoms with Gasteiger partial charge < -0.3 is 20.1 Å². The van der Waals surface area contributed by atoms with Gasteiger partial charge in [0.25, 0.3) is 0 Å². The Labute approximate surface area is 114 Å². The Bertz CT molecular complexity index is 419. The first-order chi connectivity index (χ1) is 9.06. The highest BCUT2D eigenvalue weighted by Crippen LogP contribution is 2.22. The molecule has 1 aromatic carbocycles. The molecule has 0 bridgehead atoms. The SMILES string of the molecule is CCCOCCOC(=O)c1cc(N)ccc1N(C)C. The summed E-state index contributed by atoms with van der Waals surface area (Å²) in [4.78, 5) is 13.8. The number of carbonyl (C=O) groups excluding carboxylic acids is 1. The maximum Gasteiger partial charge on any atom is 0.340 e. The minimum atomic E-state index is -0.379. The van der Waals surface area contributed by atoms with Crippen LogP contribution in [0.25, 0.3) is 0 Å². The molecule has 0 aliphatic rings. The van der Waals surface area contributed by atoms with Gasteiger partial charge in [0.05, 0.1) is 17.9 Å². The van der Waals surface area contributed by atoms with E-state index in [1.165, 1.54) is 0 Å². The van der Waals surface area contributed by atoms with Crippen molar-refractivity contribution in [3.8, 4) is 0 Å². The van der Waals surface area contributed by atoms with Crippen LogP contribution in [0.2, 0.25) is 0 Å². The van der Waals surface area contributed by atoms with Crippen LogP contribution in [0.3, 0.4) is 0 Å². The molecule has 106 valence electrons. The van der Waals surface area contributed by atoms with Gasteiger partial charge in [-0.25, -0.2) is 4.79 Å². The number of hydrogen-bond acceptors (Lipinski definition) is 5. The number of rotatable bonds is 7. The lowest BCUT2D eigenvalue weighted by Crippen LogP contribution is -2.17. The highest BCUT2D eigenvalue weighted by atomic mass is 16.6. The highest BCUT2D eigenvalue weighted by Gasteiger charge is 2.14. The van der Waals surface area contributed by atoms with Crippen molar-refractivity contribution in [1.29, 1.82) is 0 Å². The maximum absolute atomic E-state index is 12.0. The topological polar surface area (TPSA) is 64.8 Å². The van der Waals surface area contributed by atoms with Gasteiger partial charge in [-0.3, -0.25) is 0 Å². The van der Waals surface area contributed by atoms with Crippen LogP contribution < -0.4 is 10.6 Å². The molecule has 0 spiro atoms. The second kappa shape index (κ2) is 7.63. The third-order valence-electron chi connectivity index (χ3n) is 2.53. The Hall–Kier alpha value is -1.75. The number of anilines is 2. The number of hydrogen-bond donors (Lipinski definition) is 1. The van der Waals surface area contributed by atoms with Crippen LogP contribution in [0.15, 0.2) is 18.2 Å². The van der Waals surface area contributed by atoms with Crippen molar-refractivity contribution in [3.05, 3.63) is 23.8 Å². The Morgan fingerprint density at radius 3 is 2.63 bits per heavy atom. The highest BCUT2D eigenvalue weighted by molar-refractivity contribution is 5.96. The summed E-state index contributed by atoms with van der Waals surface area (Å²) < 4.78 is 10.4. The van der Waals surface area contributed by atoms with Gasteiger partial charge in [-0.1, -0.05) is 6.92 Å². The van der Waals surface area contributed by atoms with Crippen molar-refractivity contribution < 1.29 is 14.3 Å². The molecule has 1 rings (SSSR count). The van der Waals surface area contributed by atoms with E-state index in [4.69, 9.17) is 15.2 Å². The van der Waals surface area contributed by atoms with Gasteiger partial charge in [-0.2, -0.15) is 0 Å². The van der Waals surface area contributed by atoms with E-state index in [9.17, 15) is 4.79 Å². The van der Waals surface area contributed by atoms with E-state index < -0.39 is 0 Å². The zero-order chi connectivity index (χ0) is 14.3. The summed E-state index contributed by atoms with van der Waals surface area (Å²) in [6, 6.07) is 5.19. The lowest BCUT2D eigenvalue weighted by Gasteiger charge is -2.17. The fourth-order valence-corrected chi connectivity index (χ4v) is 1.62. The molecule has 19 heavy (non-hydrogen) atoms. The molecule has 0 unspecified atom stereocenters. The number of benzene rings is 1. The first kappa shape index (κ1) is 15.3. The molecular formula is C14H22N2O3. The van der Waals surface area contributed by atoms with Crippen LogP contribution in [-0.4, -0.2) is 39.9 Å². The van der Waals surface area contributed by atoms with Crippen LogP contribution >= 0.6 is 0 Å². The van der Waals surface area contributed by atoms with Crippen molar-refractivity contribution in [2.45, 2.75) is 13.3 Å². The predicted molar refractivity (Wildman–Crippen MR) is 76.6 cm³/mol. The van der Waals surface area contributed by atoms with Crippen molar-refractivity contribution in [2.75, 3.05) is 44.5 Å². The normalized spacial score (nSPS) is 10.3. The number of ether oxygens (including phenoxy) is 2. The summed E-state index contributed by atoms with van der Waals surface area (Å²) in [6.07, 6.45) is 0.952.